The number of thiazole rings is 1. The molecule has 0 aliphatic rings. The first-order valence-corrected chi connectivity index (χ1v) is 6.82. The predicted octanol–water partition coefficient (Wildman–Crippen LogP) is 2.42. The molecule has 1 atom stereocenters. The molecule has 1 N–H and O–H groups in total. The number of thioether (sulfide) groups is 1. The predicted molar refractivity (Wildman–Crippen MR) is 66.3 cm³/mol. The van der Waals surface area contributed by atoms with Crippen molar-refractivity contribution >= 4 is 23.1 Å². The van der Waals surface area contributed by atoms with Gasteiger partial charge in [-0.2, -0.15) is 11.8 Å². The summed E-state index contributed by atoms with van der Waals surface area (Å²) in [5, 5.41) is 7.32. The van der Waals surface area contributed by atoms with Gasteiger partial charge in [0.15, 0.2) is 0 Å². The van der Waals surface area contributed by atoms with Crippen LogP contribution in [0.4, 0.5) is 0 Å². The molecule has 0 amide bonds. The van der Waals surface area contributed by atoms with Gasteiger partial charge in [-0.1, -0.05) is 13.8 Å². The van der Waals surface area contributed by atoms with Crippen molar-refractivity contribution in [3.8, 4) is 0 Å². The highest BCUT2D eigenvalue weighted by Gasteiger charge is 2.09. The standard InChI is InChI=1S/C10H18N2S2/c1-8(2)14-7-9(11-3)6-10-12-4-5-13-10/h4-5,8-9,11H,6-7H2,1-3H3. The molecule has 0 aliphatic carbocycles. The summed E-state index contributed by atoms with van der Waals surface area (Å²) < 4.78 is 0. The van der Waals surface area contributed by atoms with E-state index in [1.165, 1.54) is 5.01 Å². The van der Waals surface area contributed by atoms with Crippen LogP contribution in [0, 0.1) is 0 Å². The minimum atomic E-state index is 0.550. The number of nitrogens with one attached hydrogen (secondary N) is 1. The van der Waals surface area contributed by atoms with E-state index < -0.39 is 0 Å². The van der Waals surface area contributed by atoms with Crippen LogP contribution >= 0.6 is 23.1 Å². The molecule has 4 heteroatoms. The monoisotopic (exact) mass is 230 g/mol. The van der Waals surface area contributed by atoms with Crippen molar-refractivity contribution < 1.29 is 0 Å². The van der Waals surface area contributed by atoms with Gasteiger partial charge in [-0.15, -0.1) is 11.3 Å². The molecule has 0 saturated heterocycles. The van der Waals surface area contributed by atoms with Crippen molar-refractivity contribution in [1.29, 1.82) is 0 Å². The van der Waals surface area contributed by atoms with E-state index in [-0.39, 0.29) is 0 Å². The average Bonchev–Trinajstić information content (AvgIpc) is 2.64. The summed E-state index contributed by atoms with van der Waals surface area (Å²) in [6.45, 7) is 4.47. The Bertz CT molecular complexity index is 234. The maximum absolute atomic E-state index is 4.30. The molecule has 0 radical (unpaired) electrons. The SMILES string of the molecule is CNC(CSC(C)C)Cc1nccs1. The van der Waals surface area contributed by atoms with Crippen molar-refractivity contribution in [2.45, 2.75) is 31.6 Å². The first-order chi connectivity index (χ1) is 6.72. The maximum atomic E-state index is 4.30. The molecule has 0 aromatic carbocycles. The Morgan fingerprint density at radius 1 is 1.57 bits per heavy atom. The molecule has 2 nitrogen and oxygen atoms in total. The van der Waals surface area contributed by atoms with Crippen LogP contribution in [0.5, 0.6) is 0 Å². The van der Waals surface area contributed by atoms with Crippen LogP contribution in [-0.2, 0) is 6.42 Å². The molecule has 1 heterocycles. The quantitative estimate of drug-likeness (QED) is 0.812. The molecule has 0 bridgehead atoms. The second-order valence-electron chi connectivity index (χ2n) is 3.50. The van der Waals surface area contributed by atoms with Gasteiger partial charge in [-0.25, -0.2) is 4.98 Å². The van der Waals surface area contributed by atoms with Crippen LogP contribution in [0.2, 0.25) is 0 Å². The second kappa shape index (κ2) is 6.43. The number of hydrogen-bond donors (Lipinski definition) is 1. The fourth-order valence-corrected chi connectivity index (χ4v) is 2.72. The van der Waals surface area contributed by atoms with Gasteiger partial charge in [0.05, 0.1) is 5.01 Å². The van der Waals surface area contributed by atoms with E-state index in [9.17, 15) is 0 Å². The Kier molecular flexibility index (Phi) is 5.52. The minimum Gasteiger partial charge on any atom is -0.316 e. The summed E-state index contributed by atoms with van der Waals surface area (Å²) in [5.74, 6) is 1.16. The van der Waals surface area contributed by atoms with E-state index in [2.05, 4.69) is 24.1 Å². The number of likely N-dealkylation sites (N-methyl/N-ethyl adjacent to an activating group) is 1. The van der Waals surface area contributed by atoms with E-state index in [0.717, 1.165) is 12.2 Å². The van der Waals surface area contributed by atoms with E-state index in [1.807, 2.05) is 30.4 Å². The van der Waals surface area contributed by atoms with Crippen LogP contribution in [0.25, 0.3) is 0 Å². The highest BCUT2D eigenvalue weighted by molar-refractivity contribution is 7.99. The summed E-state index contributed by atoms with van der Waals surface area (Å²) in [7, 11) is 2.03. The van der Waals surface area contributed by atoms with Gasteiger partial charge in [-0.05, 0) is 12.3 Å². The topological polar surface area (TPSA) is 24.9 Å². The smallest absolute Gasteiger partial charge is 0.0940 e. The Morgan fingerprint density at radius 3 is 2.86 bits per heavy atom. The highest BCUT2D eigenvalue weighted by Crippen LogP contribution is 2.14. The van der Waals surface area contributed by atoms with Crippen LogP contribution in [0.15, 0.2) is 11.6 Å². The zero-order chi connectivity index (χ0) is 10.4. The molecule has 1 unspecified atom stereocenters. The summed E-state index contributed by atoms with van der Waals surface area (Å²) in [4.78, 5) is 4.30. The number of nitrogens with zero attached hydrogens (tertiary/aromatic N) is 1. The number of aromatic nitrogens is 1. The lowest BCUT2D eigenvalue weighted by molar-refractivity contribution is 0.614. The molecular formula is C10H18N2S2. The Hall–Kier alpha value is -0.0600. The molecule has 0 saturated carbocycles. The number of rotatable bonds is 6. The summed E-state index contributed by atoms with van der Waals surface area (Å²) >= 11 is 3.74. The first-order valence-electron chi connectivity index (χ1n) is 4.89. The lowest BCUT2D eigenvalue weighted by Gasteiger charge is -2.15. The van der Waals surface area contributed by atoms with Crippen molar-refractivity contribution in [3.63, 3.8) is 0 Å². The van der Waals surface area contributed by atoms with Gasteiger partial charge in [0, 0.05) is 29.8 Å². The third-order valence-corrected chi connectivity index (χ3v) is 4.01. The molecule has 0 spiro atoms. The van der Waals surface area contributed by atoms with Crippen molar-refractivity contribution in [1.82, 2.24) is 10.3 Å². The van der Waals surface area contributed by atoms with E-state index in [1.54, 1.807) is 11.3 Å². The third-order valence-electron chi connectivity index (χ3n) is 1.94. The Morgan fingerprint density at radius 2 is 2.36 bits per heavy atom. The van der Waals surface area contributed by atoms with Gasteiger partial charge < -0.3 is 5.32 Å². The molecule has 1 aromatic rings. The molecule has 14 heavy (non-hydrogen) atoms. The lowest BCUT2D eigenvalue weighted by atomic mass is 10.2. The van der Waals surface area contributed by atoms with Crippen LogP contribution in [-0.4, -0.2) is 29.1 Å². The molecular weight excluding hydrogens is 212 g/mol. The minimum absolute atomic E-state index is 0.550. The van der Waals surface area contributed by atoms with E-state index in [0.29, 0.717) is 11.3 Å². The summed E-state index contributed by atoms with van der Waals surface area (Å²) in [5.41, 5.74) is 0. The fourth-order valence-electron chi connectivity index (χ4n) is 1.12. The zero-order valence-electron chi connectivity index (χ0n) is 8.99. The summed E-state index contributed by atoms with van der Waals surface area (Å²) in [6.07, 6.45) is 2.93. The largest absolute Gasteiger partial charge is 0.316 e. The Balaban J connectivity index is 2.32. The molecule has 1 aromatic heterocycles. The van der Waals surface area contributed by atoms with Crippen molar-refractivity contribution in [2.75, 3.05) is 12.8 Å². The molecule has 80 valence electrons. The fraction of sp³-hybridized carbons (Fsp3) is 0.700. The van der Waals surface area contributed by atoms with Crippen LogP contribution < -0.4 is 5.32 Å². The summed E-state index contributed by atoms with van der Waals surface area (Å²) in [6, 6.07) is 0.550. The highest BCUT2D eigenvalue weighted by atomic mass is 32.2. The average molecular weight is 230 g/mol. The normalized spacial score (nSPS) is 13.4. The van der Waals surface area contributed by atoms with Crippen molar-refractivity contribution in [3.05, 3.63) is 16.6 Å². The maximum Gasteiger partial charge on any atom is 0.0940 e. The van der Waals surface area contributed by atoms with Gasteiger partial charge in [0.2, 0.25) is 0 Å². The van der Waals surface area contributed by atoms with Gasteiger partial charge >= 0.3 is 0 Å². The van der Waals surface area contributed by atoms with E-state index >= 15 is 0 Å². The Labute approximate surface area is 94.5 Å². The molecule has 1 rings (SSSR count). The first kappa shape index (κ1) is 12.0. The lowest BCUT2D eigenvalue weighted by Crippen LogP contribution is -2.30. The second-order valence-corrected chi connectivity index (χ2v) is 6.09. The van der Waals surface area contributed by atoms with Gasteiger partial charge in [0.1, 0.15) is 0 Å². The third kappa shape index (κ3) is 4.44. The van der Waals surface area contributed by atoms with Crippen LogP contribution in [0.1, 0.15) is 18.9 Å². The number of hydrogen-bond acceptors (Lipinski definition) is 4. The van der Waals surface area contributed by atoms with Crippen LogP contribution in [0.3, 0.4) is 0 Å². The van der Waals surface area contributed by atoms with Crippen molar-refractivity contribution in [2.24, 2.45) is 0 Å². The zero-order valence-corrected chi connectivity index (χ0v) is 10.6. The van der Waals surface area contributed by atoms with E-state index in [4.69, 9.17) is 0 Å². The van der Waals surface area contributed by atoms with Gasteiger partial charge in [0.25, 0.3) is 0 Å². The molecule has 0 aliphatic heterocycles. The van der Waals surface area contributed by atoms with Gasteiger partial charge in [-0.3, -0.25) is 0 Å². The molecule has 0 fully saturated rings.